The SMILES string of the molecule is CCO[C@H]1CN(S(=O)(=O)c2cccnc2)Cc2ccnn2C1. The number of hydrogen-bond donors (Lipinski definition) is 0. The molecular formula is C14H18N4O3S. The summed E-state index contributed by atoms with van der Waals surface area (Å²) in [6.07, 6.45) is 4.38. The Kier molecular flexibility index (Phi) is 4.23. The highest BCUT2D eigenvalue weighted by Gasteiger charge is 2.31. The van der Waals surface area contributed by atoms with Crippen molar-refractivity contribution in [1.82, 2.24) is 19.1 Å². The van der Waals surface area contributed by atoms with Gasteiger partial charge in [-0.1, -0.05) is 0 Å². The molecule has 0 fully saturated rings. The van der Waals surface area contributed by atoms with E-state index in [2.05, 4.69) is 10.1 Å². The van der Waals surface area contributed by atoms with Gasteiger partial charge in [-0.3, -0.25) is 9.67 Å². The van der Waals surface area contributed by atoms with Crippen LogP contribution in [0.15, 0.2) is 41.7 Å². The van der Waals surface area contributed by atoms with Crippen LogP contribution >= 0.6 is 0 Å². The molecule has 22 heavy (non-hydrogen) atoms. The molecule has 0 unspecified atom stereocenters. The monoisotopic (exact) mass is 322 g/mol. The molecule has 3 rings (SSSR count). The van der Waals surface area contributed by atoms with E-state index in [4.69, 9.17) is 4.74 Å². The smallest absolute Gasteiger partial charge is 0.245 e. The van der Waals surface area contributed by atoms with Gasteiger partial charge in [-0.2, -0.15) is 9.40 Å². The summed E-state index contributed by atoms with van der Waals surface area (Å²) in [5.41, 5.74) is 0.856. The van der Waals surface area contributed by atoms with Crippen LogP contribution in [0.1, 0.15) is 12.6 Å². The zero-order valence-corrected chi connectivity index (χ0v) is 13.1. The molecule has 0 spiro atoms. The van der Waals surface area contributed by atoms with Gasteiger partial charge in [0.25, 0.3) is 0 Å². The molecule has 8 heteroatoms. The molecule has 7 nitrogen and oxygen atoms in total. The quantitative estimate of drug-likeness (QED) is 0.835. The van der Waals surface area contributed by atoms with Crippen molar-refractivity contribution in [3.8, 4) is 0 Å². The number of pyridine rings is 1. The van der Waals surface area contributed by atoms with Gasteiger partial charge < -0.3 is 4.74 Å². The van der Waals surface area contributed by atoms with Crippen LogP contribution in [0.3, 0.4) is 0 Å². The van der Waals surface area contributed by atoms with E-state index in [0.29, 0.717) is 19.7 Å². The minimum absolute atomic E-state index is 0.193. The summed E-state index contributed by atoms with van der Waals surface area (Å²) < 4.78 is 34.6. The minimum Gasteiger partial charge on any atom is -0.375 e. The van der Waals surface area contributed by atoms with E-state index >= 15 is 0 Å². The average Bonchev–Trinajstić information content (AvgIpc) is 2.87. The van der Waals surface area contributed by atoms with Gasteiger partial charge in [0.05, 0.1) is 24.9 Å². The van der Waals surface area contributed by atoms with Gasteiger partial charge in [0.1, 0.15) is 4.90 Å². The van der Waals surface area contributed by atoms with Gasteiger partial charge in [-0.05, 0) is 25.1 Å². The average molecular weight is 322 g/mol. The lowest BCUT2D eigenvalue weighted by Crippen LogP contribution is -2.37. The van der Waals surface area contributed by atoms with E-state index in [9.17, 15) is 8.42 Å². The van der Waals surface area contributed by atoms with E-state index < -0.39 is 10.0 Å². The van der Waals surface area contributed by atoms with Crippen LogP contribution < -0.4 is 0 Å². The molecule has 0 aromatic carbocycles. The van der Waals surface area contributed by atoms with Crippen molar-refractivity contribution in [3.05, 3.63) is 42.5 Å². The minimum atomic E-state index is -3.61. The van der Waals surface area contributed by atoms with Crippen molar-refractivity contribution in [3.63, 3.8) is 0 Å². The maximum Gasteiger partial charge on any atom is 0.245 e. The Balaban J connectivity index is 1.95. The second kappa shape index (κ2) is 6.15. The van der Waals surface area contributed by atoms with Gasteiger partial charge in [-0.25, -0.2) is 8.42 Å². The van der Waals surface area contributed by atoms with Crippen LogP contribution in [-0.2, 0) is 27.8 Å². The first kappa shape index (κ1) is 15.1. The van der Waals surface area contributed by atoms with E-state index in [-0.39, 0.29) is 17.5 Å². The molecule has 2 aromatic heterocycles. The van der Waals surface area contributed by atoms with Gasteiger partial charge in [0, 0.05) is 31.7 Å². The van der Waals surface area contributed by atoms with E-state index in [1.807, 2.05) is 13.0 Å². The summed E-state index contributed by atoms with van der Waals surface area (Å²) in [4.78, 5) is 4.10. The Labute approximate surface area is 129 Å². The standard InChI is InChI=1S/C14H18N4O3S/c1-2-21-13-10-17(9-12-5-7-16-18(12)11-13)22(19,20)14-4-3-6-15-8-14/h3-8,13H,2,9-11H2,1H3/t13-/m0/s1. The third-order valence-electron chi connectivity index (χ3n) is 3.60. The van der Waals surface area contributed by atoms with Crippen molar-refractivity contribution in [2.75, 3.05) is 13.2 Å². The predicted octanol–water partition coefficient (Wildman–Crippen LogP) is 0.888. The van der Waals surface area contributed by atoms with Crippen LogP contribution in [0.5, 0.6) is 0 Å². The molecule has 1 aliphatic heterocycles. The van der Waals surface area contributed by atoms with Gasteiger partial charge in [0.15, 0.2) is 0 Å². The maximum absolute atomic E-state index is 12.8. The molecule has 0 aliphatic carbocycles. The number of ether oxygens (including phenoxy) is 1. The van der Waals surface area contributed by atoms with E-state index in [1.165, 1.54) is 10.5 Å². The Morgan fingerprint density at radius 2 is 2.18 bits per heavy atom. The number of rotatable bonds is 4. The molecule has 3 heterocycles. The molecule has 2 aromatic rings. The lowest BCUT2D eigenvalue weighted by atomic mass is 10.3. The fourth-order valence-electron chi connectivity index (χ4n) is 2.55. The summed E-state index contributed by atoms with van der Waals surface area (Å²) in [5, 5.41) is 4.24. The Morgan fingerprint density at radius 3 is 2.91 bits per heavy atom. The Hall–Kier alpha value is -1.77. The molecule has 1 aliphatic rings. The van der Waals surface area contributed by atoms with E-state index in [1.54, 1.807) is 29.2 Å². The van der Waals surface area contributed by atoms with Crippen molar-refractivity contribution >= 4 is 10.0 Å². The number of fused-ring (bicyclic) bond motifs is 1. The highest BCUT2D eigenvalue weighted by Crippen LogP contribution is 2.21. The second-order valence-electron chi connectivity index (χ2n) is 5.07. The molecule has 0 saturated heterocycles. The molecule has 118 valence electrons. The molecule has 0 radical (unpaired) electrons. The lowest BCUT2D eigenvalue weighted by molar-refractivity contribution is 0.0404. The molecule has 0 amide bonds. The highest BCUT2D eigenvalue weighted by molar-refractivity contribution is 7.89. The lowest BCUT2D eigenvalue weighted by Gasteiger charge is -2.23. The summed E-state index contributed by atoms with van der Waals surface area (Å²) in [5.74, 6) is 0. The molecule has 0 N–H and O–H groups in total. The molecule has 1 atom stereocenters. The summed E-state index contributed by atoms with van der Waals surface area (Å²) in [6, 6.07) is 5.01. The Bertz CT molecular complexity index is 730. The first-order chi connectivity index (χ1) is 10.6. The normalized spacial score (nSPS) is 19.6. The van der Waals surface area contributed by atoms with Crippen LogP contribution in [0.25, 0.3) is 0 Å². The summed E-state index contributed by atoms with van der Waals surface area (Å²) >= 11 is 0. The van der Waals surface area contributed by atoms with Gasteiger partial charge in [-0.15, -0.1) is 0 Å². The summed E-state index contributed by atoms with van der Waals surface area (Å²) in [7, 11) is -3.61. The van der Waals surface area contributed by atoms with Crippen molar-refractivity contribution in [2.45, 2.75) is 31.0 Å². The van der Waals surface area contributed by atoms with Crippen LogP contribution in [0, 0.1) is 0 Å². The van der Waals surface area contributed by atoms with Crippen molar-refractivity contribution in [2.24, 2.45) is 0 Å². The third kappa shape index (κ3) is 2.90. The molecule has 0 saturated carbocycles. The van der Waals surface area contributed by atoms with Crippen molar-refractivity contribution < 1.29 is 13.2 Å². The number of sulfonamides is 1. The number of nitrogens with zero attached hydrogens (tertiary/aromatic N) is 4. The van der Waals surface area contributed by atoms with E-state index in [0.717, 1.165) is 5.69 Å². The first-order valence-corrected chi connectivity index (χ1v) is 8.57. The highest BCUT2D eigenvalue weighted by atomic mass is 32.2. The zero-order chi connectivity index (χ0) is 15.6. The Morgan fingerprint density at radius 1 is 1.32 bits per heavy atom. The number of hydrogen-bond acceptors (Lipinski definition) is 5. The largest absolute Gasteiger partial charge is 0.375 e. The van der Waals surface area contributed by atoms with Crippen LogP contribution in [0.2, 0.25) is 0 Å². The van der Waals surface area contributed by atoms with Crippen LogP contribution in [-0.4, -0.2) is 46.7 Å². The fraction of sp³-hybridized carbons (Fsp3) is 0.429. The third-order valence-corrected chi connectivity index (χ3v) is 5.40. The van der Waals surface area contributed by atoms with Gasteiger partial charge >= 0.3 is 0 Å². The molecular weight excluding hydrogens is 304 g/mol. The maximum atomic E-state index is 12.8. The predicted molar refractivity (Wildman–Crippen MR) is 79.5 cm³/mol. The molecule has 0 bridgehead atoms. The second-order valence-corrected chi connectivity index (χ2v) is 7.01. The summed E-state index contributed by atoms with van der Waals surface area (Å²) in [6.45, 7) is 3.56. The first-order valence-electron chi connectivity index (χ1n) is 7.13. The van der Waals surface area contributed by atoms with Crippen molar-refractivity contribution in [1.29, 1.82) is 0 Å². The fourth-order valence-corrected chi connectivity index (χ4v) is 3.96. The van der Waals surface area contributed by atoms with Gasteiger partial charge in [0.2, 0.25) is 10.0 Å². The van der Waals surface area contributed by atoms with Crippen LogP contribution in [0.4, 0.5) is 0 Å². The zero-order valence-electron chi connectivity index (χ0n) is 12.3. The topological polar surface area (TPSA) is 77.3 Å². The number of aromatic nitrogens is 3.